The van der Waals surface area contributed by atoms with Crippen LogP contribution in [0.25, 0.3) is 0 Å². The predicted octanol–water partition coefficient (Wildman–Crippen LogP) is 1.32. The lowest BCUT2D eigenvalue weighted by Gasteiger charge is -2.07. The molecule has 0 aliphatic rings. The van der Waals surface area contributed by atoms with Crippen LogP contribution in [0, 0.1) is 10.1 Å². The van der Waals surface area contributed by atoms with Crippen LogP contribution in [0.2, 0.25) is 0 Å². The van der Waals surface area contributed by atoms with Gasteiger partial charge < -0.3 is 15.5 Å². The van der Waals surface area contributed by atoms with E-state index in [1.807, 2.05) is 20.3 Å². The molecule has 0 aliphatic carbocycles. The van der Waals surface area contributed by atoms with Gasteiger partial charge in [-0.05, 0) is 14.1 Å². The van der Waals surface area contributed by atoms with Gasteiger partial charge in [0.25, 0.3) is 6.20 Å². The molecule has 0 saturated heterocycles. The number of rotatable bonds is 10. The van der Waals surface area contributed by atoms with Crippen molar-refractivity contribution in [3.63, 3.8) is 0 Å². The summed E-state index contributed by atoms with van der Waals surface area (Å²) in [7, 11) is 5.71. The normalized spacial score (nSPS) is 11.7. The lowest BCUT2D eigenvalue weighted by Crippen LogP contribution is -2.26. The molecule has 21 heavy (non-hydrogen) atoms. The minimum absolute atomic E-state index is 0.423. The number of thioether (sulfide) groups is 1. The van der Waals surface area contributed by atoms with Crippen molar-refractivity contribution in [3.05, 3.63) is 38.2 Å². The molecule has 1 heterocycles. The fraction of sp³-hybridized carbons (Fsp3) is 0.583. The summed E-state index contributed by atoms with van der Waals surface area (Å²) >= 11 is 3.51. The first-order chi connectivity index (χ1) is 10.0. The number of hydrogen-bond donors (Lipinski definition) is 2. The number of thiazole rings is 1. The Morgan fingerprint density at radius 1 is 1.62 bits per heavy atom. The van der Waals surface area contributed by atoms with Gasteiger partial charge in [-0.15, -0.1) is 11.3 Å². The van der Waals surface area contributed by atoms with E-state index in [4.69, 9.17) is 0 Å². The molecule has 1 aromatic rings. The van der Waals surface area contributed by atoms with Gasteiger partial charge >= 0.3 is 0 Å². The molecule has 118 valence electrons. The Morgan fingerprint density at radius 3 is 3.00 bits per heavy atom. The highest BCUT2D eigenvalue weighted by Crippen LogP contribution is 2.19. The van der Waals surface area contributed by atoms with Crippen molar-refractivity contribution in [1.29, 1.82) is 0 Å². The van der Waals surface area contributed by atoms with Crippen molar-refractivity contribution in [2.24, 2.45) is 0 Å². The van der Waals surface area contributed by atoms with E-state index in [1.54, 1.807) is 30.1 Å². The van der Waals surface area contributed by atoms with Gasteiger partial charge in [0, 0.05) is 42.7 Å². The molecule has 0 amide bonds. The zero-order valence-corrected chi connectivity index (χ0v) is 14.1. The highest BCUT2D eigenvalue weighted by atomic mass is 32.2. The Bertz CT molecular complexity index is 476. The van der Waals surface area contributed by atoms with E-state index < -0.39 is 4.92 Å². The maximum atomic E-state index is 10.4. The molecule has 7 nitrogen and oxygen atoms in total. The van der Waals surface area contributed by atoms with Crippen molar-refractivity contribution >= 4 is 23.1 Å². The van der Waals surface area contributed by atoms with E-state index in [2.05, 4.69) is 20.5 Å². The Morgan fingerprint density at radius 2 is 2.38 bits per heavy atom. The van der Waals surface area contributed by atoms with Crippen molar-refractivity contribution in [2.75, 3.05) is 33.4 Å². The van der Waals surface area contributed by atoms with Gasteiger partial charge in [0.1, 0.15) is 5.01 Å². The summed E-state index contributed by atoms with van der Waals surface area (Å²) in [6, 6.07) is 0. The molecule has 1 rings (SSSR count). The second-order valence-corrected chi connectivity index (χ2v) is 6.82. The number of nitro groups is 1. The summed E-state index contributed by atoms with van der Waals surface area (Å²) in [5, 5.41) is 17.2. The van der Waals surface area contributed by atoms with Crippen LogP contribution in [-0.2, 0) is 12.3 Å². The largest absolute Gasteiger partial charge is 0.370 e. The zero-order chi connectivity index (χ0) is 15.7. The van der Waals surface area contributed by atoms with Gasteiger partial charge in [0.05, 0.1) is 4.92 Å². The van der Waals surface area contributed by atoms with Crippen LogP contribution in [0.15, 0.2) is 18.2 Å². The molecule has 0 atom stereocenters. The Balaban J connectivity index is 2.22. The summed E-state index contributed by atoms with van der Waals surface area (Å²) in [5.41, 5.74) is 0. The van der Waals surface area contributed by atoms with Crippen LogP contribution >= 0.6 is 23.1 Å². The van der Waals surface area contributed by atoms with Crippen LogP contribution in [0.1, 0.15) is 9.88 Å². The lowest BCUT2D eigenvalue weighted by atomic mass is 10.6. The second-order valence-electron chi connectivity index (χ2n) is 4.52. The third-order valence-electron chi connectivity index (χ3n) is 2.36. The first-order valence-electron chi connectivity index (χ1n) is 6.44. The first-order valence-corrected chi connectivity index (χ1v) is 8.41. The van der Waals surface area contributed by atoms with Crippen LogP contribution in [-0.4, -0.2) is 48.2 Å². The van der Waals surface area contributed by atoms with E-state index in [0.717, 1.165) is 29.3 Å². The van der Waals surface area contributed by atoms with Gasteiger partial charge in [-0.3, -0.25) is 10.1 Å². The average molecular weight is 331 g/mol. The number of aromatic nitrogens is 1. The van der Waals surface area contributed by atoms with Crippen LogP contribution < -0.4 is 10.6 Å². The number of nitrogens with one attached hydrogen (secondary N) is 2. The van der Waals surface area contributed by atoms with Gasteiger partial charge in [0.2, 0.25) is 0 Å². The molecular weight excluding hydrogens is 310 g/mol. The molecule has 0 aliphatic heterocycles. The molecular formula is C12H21N5O2S2. The minimum Gasteiger partial charge on any atom is -0.370 e. The molecule has 0 bridgehead atoms. The molecule has 0 spiro atoms. The summed E-state index contributed by atoms with van der Waals surface area (Å²) in [6.45, 7) is 1.54. The molecule has 0 radical (unpaired) electrons. The highest BCUT2D eigenvalue weighted by Gasteiger charge is 2.04. The quantitative estimate of drug-likeness (QED) is 0.380. The van der Waals surface area contributed by atoms with Crippen molar-refractivity contribution in [3.8, 4) is 0 Å². The molecule has 9 heteroatoms. The van der Waals surface area contributed by atoms with Gasteiger partial charge in [-0.2, -0.15) is 11.8 Å². The third kappa shape index (κ3) is 7.88. The predicted molar refractivity (Wildman–Crippen MR) is 87.8 cm³/mol. The fourth-order valence-corrected chi connectivity index (χ4v) is 3.48. The number of hydrogen-bond acceptors (Lipinski definition) is 8. The minimum atomic E-state index is -0.477. The Kier molecular flexibility index (Phi) is 8.09. The van der Waals surface area contributed by atoms with Crippen LogP contribution in [0.4, 0.5) is 0 Å². The fourth-order valence-electron chi connectivity index (χ4n) is 1.49. The van der Waals surface area contributed by atoms with E-state index in [0.29, 0.717) is 12.4 Å². The standard InChI is InChI=1S/C12H21N5O2S2/c1-13-11(7-17(18)19)14-4-5-20-9-10-6-15-12(21-10)8-16(2)3/h6-7,13-14H,4-5,8-9H2,1-3H3. The first kappa shape index (κ1) is 17.7. The van der Waals surface area contributed by atoms with E-state index in [1.165, 1.54) is 4.88 Å². The average Bonchev–Trinajstić information content (AvgIpc) is 2.83. The summed E-state index contributed by atoms with van der Waals surface area (Å²) in [4.78, 5) is 17.6. The molecule has 0 unspecified atom stereocenters. The third-order valence-corrected chi connectivity index (χ3v) is 4.54. The van der Waals surface area contributed by atoms with E-state index in [-0.39, 0.29) is 0 Å². The van der Waals surface area contributed by atoms with Gasteiger partial charge in [0.15, 0.2) is 5.82 Å². The summed E-state index contributed by atoms with van der Waals surface area (Å²) in [5.74, 6) is 2.21. The highest BCUT2D eigenvalue weighted by molar-refractivity contribution is 7.98. The molecule has 1 aromatic heterocycles. The molecule has 0 aromatic carbocycles. The van der Waals surface area contributed by atoms with Crippen LogP contribution in [0.3, 0.4) is 0 Å². The van der Waals surface area contributed by atoms with Crippen molar-refractivity contribution in [2.45, 2.75) is 12.3 Å². The maximum absolute atomic E-state index is 10.4. The maximum Gasteiger partial charge on any atom is 0.274 e. The van der Waals surface area contributed by atoms with Gasteiger partial charge in [-0.1, -0.05) is 0 Å². The smallest absolute Gasteiger partial charge is 0.274 e. The van der Waals surface area contributed by atoms with E-state index >= 15 is 0 Å². The van der Waals surface area contributed by atoms with Crippen molar-refractivity contribution in [1.82, 2.24) is 20.5 Å². The van der Waals surface area contributed by atoms with E-state index in [9.17, 15) is 10.1 Å². The number of nitrogens with zero attached hydrogens (tertiary/aromatic N) is 3. The lowest BCUT2D eigenvalue weighted by molar-refractivity contribution is -0.404. The topological polar surface area (TPSA) is 83.3 Å². The Hall–Kier alpha value is -1.32. The molecule has 0 fully saturated rings. The SMILES string of the molecule is CNC(=C[N+](=O)[O-])NCCSCc1cnc(CN(C)C)s1. The van der Waals surface area contributed by atoms with Crippen LogP contribution in [0.5, 0.6) is 0 Å². The summed E-state index contributed by atoms with van der Waals surface area (Å²) < 4.78 is 0. The second kappa shape index (κ2) is 9.59. The van der Waals surface area contributed by atoms with Gasteiger partial charge in [-0.25, -0.2) is 4.98 Å². The summed E-state index contributed by atoms with van der Waals surface area (Å²) in [6.07, 6.45) is 2.86. The monoisotopic (exact) mass is 331 g/mol. The van der Waals surface area contributed by atoms with Crippen molar-refractivity contribution < 1.29 is 4.92 Å². The zero-order valence-electron chi connectivity index (χ0n) is 12.5. The molecule has 0 saturated carbocycles. The Labute approximate surface area is 133 Å². The molecule has 2 N–H and O–H groups in total.